The van der Waals surface area contributed by atoms with Gasteiger partial charge in [0, 0.05) is 0 Å². The fraction of sp³-hybridized carbons (Fsp3) is 1.00. The van der Waals surface area contributed by atoms with Gasteiger partial charge in [0.15, 0.2) is 0 Å². The molecule has 1 aliphatic carbocycles. The quantitative estimate of drug-likeness (QED) is 0.621. The van der Waals surface area contributed by atoms with E-state index in [0.29, 0.717) is 5.92 Å². The molecule has 1 saturated carbocycles. The molecule has 0 aromatic heterocycles. The van der Waals surface area contributed by atoms with Crippen molar-refractivity contribution in [2.45, 2.75) is 32.8 Å². The molecule has 1 atom stereocenters. The lowest BCUT2D eigenvalue weighted by Crippen LogP contribution is -2.01. The van der Waals surface area contributed by atoms with Gasteiger partial charge in [0.05, 0.1) is 12.3 Å². The van der Waals surface area contributed by atoms with Crippen LogP contribution in [0.2, 0.25) is 0 Å². The summed E-state index contributed by atoms with van der Waals surface area (Å²) in [5.74, 6) is 0.324. The van der Waals surface area contributed by atoms with E-state index >= 15 is 0 Å². The van der Waals surface area contributed by atoms with Gasteiger partial charge < -0.3 is 4.52 Å². The highest BCUT2D eigenvalue weighted by Crippen LogP contribution is 2.55. The Hall–Kier alpha value is 0.120. The summed E-state index contributed by atoms with van der Waals surface area (Å²) in [6.07, 6.45) is 1.88. The molecular weight excluding hydrogens is 166 g/mol. The van der Waals surface area contributed by atoms with Crippen LogP contribution in [-0.2, 0) is 9.09 Å². The Bertz CT molecular complexity index is 169. The fourth-order valence-corrected chi connectivity index (χ4v) is 2.66. The third-order valence-corrected chi connectivity index (χ3v) is 3.23. The van der Waals surface area contributed by atoms with Crippen LogP contribution in [0.3, 0.4) is 0 Å². The average molecular weight is 180 g/mol. The van der Waals surface area contributed by atoms with Crippen molar-refractivity contribution in [2.24, 2.45) is 5.92 Å². The maximum absolute atomic E-state index is 13.0. The average Bonchev–Trinajstić information content (AvgIpc) is 2.43. The van der Waals surface area contributed by atoms with Crippen LogP contribution in [0, 0.1) is 5.92 Å². The standard InChI is InChI=1S/C7H14FO2P/c1-6(2)10-11(8,9)5-7-3-4-7/h6-7H,3-5H2,1-2H3. The van der Waals surface area contributed by atoms with Gasteiger partial charge in [0.2, 0.25) is 0 Å². The second-order valence-corrected chi connectivity index (χ2v) is 5.13. The molecule has 1 fully saturated rings. The van der Waals surface area contributed by atoms with Crippen LogP contribution in [0.25, 0.3) is 0 Å². The molecule has 1 unspecified atom stereocenters. The minimum atomic E-state index is -3.74. The molecule has 0 aliphatic heterocycles. The first-order valence-corrected chi connectivity index (χ1v) is 5.67. The van der Waals surface area contributed by atoms with Crippen LogP contribution in [0.1, 0.15) is 26.7 Å². The van der Waals surface area contributed by atoms with Crippen molar-refractivity contribution in [3.8, 4) is 0 Å². The molecule has 11 heavy (non-hydrogen) atoms. The third-order valence-electron chi connectivity index (χ3n) is 1.54. The van der Waals surface area contributed by atoms with Gasteiger partial charge in [-0.2, -0.15) is 4.20 Å². The Balaban J connectivity index is 2.31. The molecule has 1 aliphatic rings. The van der Waals surface area contributed by atoms with Crippen molar-refractivity contribution in [2.75, 3.05) is 6.16 Å². The minimum absolute atomic E-state index is 0.130. The van der Waals surface area contributed by atoms with Gasteiger partial charge in [0.25, 0.3) is 0 Å². The predicted octanol–water partition coefficient (Wildman–Crippen LogP) is 2.98. The maximum Gasteiger partial charge on any atom is 0.368 e. The molecule has 66 valence electrons. The van der Waals surface area contributed by atoms with Crippen LogP contribution < -0.4 is 0 Å². The van der Waals surface area contributed by atoms with E-state index in [4.69, 9.17) is 0 Å². The Kier molecular flexibility index (Phi) is 2.71. The summed E-state index contributed by atoms with van der Waals surface area (Å²) in [7, 11) is -3.74. The highest BCUT2D eigenvalue weighted by atomic mass is 31.2. The number of rotatable bonds is 4. The van der Waals surface area contributed by atoms with E-state index in [9.17, 15) is 8.76 Å². The van der Waals surface area contributed by atoms with Gasteiger partial charge in [-0.1, -0.05) is 0 Å². The van der Waals surface area contributed by atoms with E-state index in [2.05, 4.69) is 4.52 Å². The number of hydrogen-bond acceptors (Lipinski definition) is 2. The molecule has 0 heterocycles. The lowest BCUT2D eigenvalue weighted by atomic mass is 10.5. The van der Waals surface area contributed by atoms with E-state index in [1.54, 1.807) is 13.8 Å². The zero-order chi connectivity index (χ0) is 8.48. The molecule has 0 aromatic rings. The van der Waals surface area contributed by atoms with Gasteiger partial charge in [-0.15, -0.1) is 0 Å². The van der Waals surface area contributed by atoms with Crippen LogP contribution in [-0.4, -0.2) is 12.3 Å². The summed E-state index contributed by atoms with van der Waals surface area (Å²) in [5.41, 5.74) is 0. The fourth-order valence-electron chi connectivity index (χ4n) is 0.967. The second-order valence-electron chi connectivity index (χ2n) is 3.37. The molecular formula is C7H14FO2P. The topological polar surface area (TPSA) is 26.3 Å². The van der Waals surface area contributed by atoms with Crippen LogP contribution in [0.15, 0.2) is 0 Å². The Morgan fingerprint density at radius 2 is 2.18 bits per heavy atom. The molecule has 0 spiro atoms. The molecule has 1 rings (SSSR count). The SMILES string of the molecule is CC(C)OP(=O)(F)CC1CC1. The van der Waals surface area contributed by atoms with Crippen molar-refractivity contribution in [3.05, 3.63) is 0 Å². The summed E-state index contributed by atoms with van der Waals surface area (Å²) >= 11 is 0. The zero-order valence-corrected chi connectivity index (χ0v) is 7.81. The van der Waals surface area contributed by atoms with Crippen LogP contribution in [0.5, 0.6) is 0 Å². The van der Waals surface area contributed by atoms with E-state index in [0.717, 1.165) is 12.8 Å². The lowest BCUT2D eigenvalue weighted by Gasteiger charge is -2.11. The van der Waals surface area contributed by atoms with Gasteiger partial charge in [-0.3, -0.25) is 4.57 Å². The van der Waals surface area contributed by atoms with Crippen LogP contribution in [0.4, 0.5) is 4.20 Å². The summed E-state index contributed by atoms with van der Waals surface area (Å²) in [6.45, 7) is 3.39. The third kappa shape index (κ3) is 3.88. The van der Waals surface area contributed by atoms with Gasteiger partial charge >= 0.3 is 7.68 Å². The summed E-state index contributed by atoms with van der Waals surface area (Å²) in [6, 6.07) is 0. The highest BCUT2D eigenvalue weighted by molar-refractivity contribution is 7.53. The van der Waals surface area contributed by atoms with Gasteiger partial charge in [-0.05, 0) is 32.6 Å². The van der Waals surface area contributed by atoms with E-state index in [1.807, 2.05) is 0 Å². The van der Waals surface area contributed by atoms with Crippen molar-refractivity contribution in [1.29, 1.82) is 0 Å². The number of hydrogen-bond donors (Lipinski definition) is 0. The minimum Gasteiger partial charge on any atom is -0.303 e. The first-order valence-electron chi connectivity index (χ1n) is 3.97. The predicted molar refractivity (Wildman–Crippen MR) is 42.5 cm³/mol. The molecule has 0 radical (unpaired) electrons. The second kappa shape index (κ2) is 3.24. The van der Waals surface area contributed by atoms with E-state index in [-0.39, 0.29) is 12.3 Å². The normalized spacial score (nSPS) is 23.6. The smallest absolute Gasteiger partial charge is 0.303 e. The Labute approximate surface area is 66.7 Å². The van der Waals surface area contributed by atoms with Crippen molar-refractivity contribution < 1.29 is 13.3 Å². The lowest BCUT2D eigenvalue weighted by molar-refractivity contribution is 0.223. The molecule has 0 amide bonds. The summed E-state index contributed by atoms with van der Waals surface area (Å²) in [4.78, 5) is 0. The largest absolute Gasteiger partial charge is 0.368 e. The monoisotopic (exact) mass is 180 g/mol. The molecule has 0 bridgehead atoms. The van der Waals surface area contributed by atoms with Gasteiger partial charge in [0.1, 0.15) is 0 Å². The van der Waals surface area contributed by atoms with E-state index in [1.165, 1.54) is 0 Å². The molecule has 0 aromatic carbocycles. The zero-order valence-electron chi connectivity index (χ0n) is 6.92. The van der Waals surface area contributed by atoms with Crippen molar-refractivity contribution in [3.63, 3.8) is 0 Å². The first-order chi connectivity index (χ1) is 4.99. The molecule has 2 nitrogen and oxygen atoms in total. The summed E-state index contributed by atoms with van der Waals surface area (Å²) < 4.78 is 28.6. The molecule has 4 heteroatoms. The maximum atomic E-state index is 13.0. The van der Waals surface area contributed by atoms with Crippen molar-refractivity contribution in [1.82, 2.24) is 0 Å². The molecule has 0 N–H and O–H groups in total. The first kappa shape index (κ1) is 9.21. The van der Waals surface area contributed by atoms with Crippen LogP contribution >= 0.6 is 7.68 Å². The Morgan fingerprint density at radius 3 is 2.55 bits per heavy atom. The molecule has 0 saturated heterocycles. The highest BCUT2D eigenvalue weighted by Gasteiger charge is 2.34. The summed E-state index contributed by atoms with van der Waals surface area (Å²) in [5, 5.41) is 0. The van der Waals surface area contributed by atoms with Crippen molar-refractivity contribution >= 4 is 7.68 Å². The Morgan fingerprint density at radius 1 is 1.64 bits per heavy atom. The van der Waals surface area contributed by atoms with E-state index < -0.39 is 7.68 Å². The van der Waals surface area contributed by atoms with Gasteiger partial charge in [-0.25, -0.2) is 0 Å². The number of halogens is 1.